The third-order valence-electron chi connectivity index (χ3n) is 9.86. The Morgan fingerprint density at radius 1 is 1.00 bits per heavy atom. The summed E-state index contributed by atoms with van der Waals surface area (Å²) in [6.45, 7) is -0.0744. The van der Waals surface area contributed by atoms with Crippen molar-refractivity contribution in [3.8, 4) is 28.6 Å². The van der Waals surface area contributed by atoms with Crippen molar-refractivity contribution in [2.45, 2.75) is 62.5 Å². The van der Waals surface area contributed by atoms with Gasteiger partial charge >= 0.3 is 12.6 Å². The van der Waals surface area contributed by atoms with E-state index in [0.29, 0.717) is 66.0 Å². The van der Waals surface area contributed by atoms with Crippen LogP contribution in [0.3, 0.4) is 0 Å². The van der Waals surface area contributed by atoms with Crippen molar-refractivity contribution in [1.82, 2.24) is 20.2 Å². The van der Waals surface area contributed by atoms with Crippen molar-refractivity contribution in [2.24, 2.45) is 0 Å². The van der Waals surface area contributed by atoms with Gasteiger partial charge < -0.3 is 24.8 Å². The van der Waals surface area contributed by atoms with Crippen LogP contribution in [-0.4, -0.2) is 83.2 Å². The van der Waals surface area contributed by atoms with Gasteiger partial charge in [0.1, 0.15) is 30.1 Å². The van der Waals surface area contributed by atoms with Crippen molar-refractivity contribution >= 4 is 27.5 Å². The van der Waals surface area contributed by atoms with Gasteiger partial charge in [-0.3, -0.25) is 4.90 Å². The number of halogens is 3. The van der Waals surface area contributed by atoms with Crippen LogP contribution in [0, 0.1) is 0 Å². The Balaban J connectivity index is 1.27. The lowest BCUT2D eigenvalue weighted by molar-refractivity contribution is -0.0493. The molecule has 4 aliphatic heterocycles. The average molecular weight is 606 g/mol. The minimum absolute atomic E-state index is 0.00795. The minimum Gasteiger partial charge on any atom is -0.508 e. The maximum atomic E-state index is 14.5. The molecule has 2 N–H and O–H groups in total. The Morgan fingerprint density at radius 2 is 1.82 bits per heavy atom. The van der Waals surface area contributed by atoms with Gasteiger partial charge in [0.15, 0.2) is 0 Å². The molecule has 0 spiro atoms. The highest BCUT2D eigenvalue weighted by Gasteiger charge is 2.49. The molecule has 8 nitrogen and oxygen atoms in total. The van der Waals surface area contributed by atoms with Crippen LogP contribution in [0.25, 0.3) is 32.8 Å². The van der Waals surface area contributed by atoms with Crippen molar-refractivity contribution in [3.05, 3.63) is 48.5 Å². The van der Waals surface area contributed by atoms with E-state index in [9.17, 15) is 18.3 Å². The number of fused-ring (bicyclic) bond motifs is 5. The lowest BCUT2D eigenvalue weighted by atomic mass is 9.95. The summed E-state index contributed by atoms with van der Waals surface area (Å²) in [5, 5.41) is 16.3. The zero-order valence-corrected chi connectivity index (χ0v) is 24.2. The summed E-state index contributed by atoms with van der Waals surface area (Å²) in [6.07, 6.45) is 3.53. The third kappa shape index (κ3) is 4.86. The van der Waals surface area contributed by atoms with Gasteiger partial charge in [-0.1, -0.05) is 24.3 Å². The van der Waals surface area contributed by atoms with Crippen molar-refractivity contribution < 1.29 is 27.8 Å². The molecule has 0 saturated carbocycles. The van der Waals surface area contributed by atoms with Gasteiger partial charge in [0.05, 0.1) is 11.1 Å². The molecule has 5 heterocycles. The lowest BCUT2D eigenvalue weighted by Gasteiger charge is -2.34. The van der Waals surface area contributed by atoms with Gasteiger partial charge in [-0.15, -0.1) is 0 Å². The fourth-order valence-corrected chi connectivity index (χ4v) is 7.96. The predicted molar refractivity (Wildman–Crippen MR) is 161 cm³/mol. The van der Waals surface area contributed by atoms with E-state index in [1.165, 1.54) is 0 Å². The van der Waals surface area contributed by atoms with E-state index in [-0.39, 0.29) is 29.7 Å². The number of hydrogen-bond donors (Lipinski definition) is 2. The quantitative estimate of drug-likeness (QED) is 0.280. The number of alkyl halides is 3. The molecule has 11 heteroatoms. The number of aromatic nitrogens is 2. The monoisotopic (exact) mass is 605 g/mol. The average Bonchev–Trinajstić information content (AvgIpc) is 3.65. The molecule has 1 aromatic heterocycles. The van der Waals surface area contributed by atoms with Gasteiger partial charge in [-0.05, 0) is 72.8 Å². The second kappa shape index (κ2) is 10.7. The minimum atomic E-state index is -3.06. The Kier molecular flexibility index (Phi) is 6.71. The first-order valence-corrected chi connectivity index (χ1v) is 15.4. The van der Waals surface area contributed by atoms with Crippen LogP contribution in [-0.2, 0) is 0 Å². The van der Waals surface area contributed by atoms with Crippen LogP contribution in [0.15, 0.2) is 48.5 Å². The van der Waals surface area contributed by atoms with E-state index < -0.39 is 12.8 Å². The first-order chi connectivity index (χ1) is 21.3. The molecule has 4 saturated heterocycles. The Morgan fingerprint density at radius 3 is 2.64 bits per heavy atom. The molecule has 4 atom stereocenters. The standard InChI is InChI=1S/C33H34F3N5O3/c34-20-14-33(8-3-9-41(33)15-20)18-43-32-38-28-12-26(25-11-23(42)10-19-4-1-2-5-24(19)25)29(44-31(35)36)13-27(28)30(39-32)40-16-21-6-7-22(17-40)37-21/h1-2,4-5,10-13,20-22,31,37,42H,3,6-9,14-18H2/t20-,21?,22?,33+/m1/s1. The first kappa shape index (κ1) is 27.7. The molecule has 8 rings (SSSR count). The van der Waals surface area contributed by atoms with E-state index >= 15 is 0 Å². The molecule has 0 amide bonds. The van der Waals surface area contributed by atoms with Crippen LogP contribution < -0.4 is 19.7 Å². The molecule has 4 fully saturated rings. The highest BCUT2D eigenvalue weighted by atomic mass is 19.3. The van der Waals surface area contributed by atoms with Crippen molar-refractivity contribution in [3.63, 3.8) is 0 Å². The maximum Gasteiger partial charge on any atom is 0.387 e. The number of benzene rings is 3. The summed E-state index contributed by atoms with van der Waals surface area (Å²) >= 11 is 0. The van der Waals surface area contributed by atoms with Crippen LogP contribution in [0.4, 0.5) is 19.0 Å². The lowest BCUT2D eigenvalue weighted by Crippen LogP contribution is -2.51. The molecule has 4 aliphatic rings. The number of phenolic OH excluding ortho intramolecular Hbond substituents is 1. The van der Waals surface area contributed by atoms with E-state index in [4.69, 9.17) is 19.4 Å². The van der Waals surface area contributed by atoms with Crippen LogP contribution in [0.2, 0.25) is 0 Å². The fourth-order valence-electron chi connectivity index (χ4n) is 7.96. The molecule has 230 valence electrons. The molecular formula is C33H34F3N5O3. The van der Waals surface area contributed by atoms with Gasteiger partial charge in [0, 0.05) is 49.1 Å². The van der Waals surface area contributed by atoms with Gasteiger partial charge in [-0.25, -0.2) is 4.39 Å². The molecule has 3 aromatic carbocycles. The third-order valence-corrected chi connectivity index (χ3v) is 9.86. The highest BCUT2D eigenvalue weighted by molar-refractivity contribution is 6.03. The molecule has 0 radical (unpaired) electrons. The SMILES string of the molecule is Oc1cc(-c2cc3nc(OC[C@@]45CCCN4C[C@H](F)C5)nc(N4CC5CCC(C4)N5)c3cc2OC(F)F)c2ccccc2c1. The molecule has 2 unspecified atom stereocenters. The molecule has 2 bridgehead atoms. The molecule has 44 heavy (non-hydrogen) atoms. The number of nitrogens with zero attached hydrogens (tertiary/aromatic N) is 4. The largest absolute Gasteiger partial charge is 0.508 e. The maximum absolute atomic E-state index is 14.5. The zero-order chi connectivity index (χ0) is 30.0. The van der Waals surface area contributed by atoms with Crippen molar-refractivity contribution in [1.29, 1.82) is 0 Å². The number of anilines is 1. The normalized spacial score (nSPS) is 26.6. The number of hydrogen-bond acceptors (Lipinski definition) is 8. The number of phenols is 1. The van der Waals surface area contributed by atoms with E-state index in [0.717, 1.165) is 43.0 Å². The summed E-state index contributed by atoms with van der Waals surface area (Å²) in [6, 6.07) is 14.7. The smallest absolute Gasteiger partial charge is 0.387 e. The summed E-state index contributed by atoms with van der Waals surface area (Å²) in [5.41, 5.74) is 1.06. The topological polar surface area (TPSA) is 83.0 Å². The number of rotatable bonds is 7. The summed E-state index contributed by atoms with van der Waals surface area (Å²) in [7, 11) is 0. The Labute approximate surface area is 252 Å². The zero-order valence-electron chi connectivity index (χ0n) is 24.2. The van der Waals surface area contributed by atoms with E-state index in [1.54, 1.807) is 24.3 Å². The number of ether oxygens (including phenoxy) is 2. The summed E-state index contributed by atoms with van der Waals surface area (Å²) in [4.78, 5) is 14.0. The van der Waals surface area contributed by atoms with E-state index in [1.807, 2.05) is 24.3 Å². The Bertz CT molecular complexity index is 1730. The first-order valence-electron chi connectivity index (χ1n) is 15.4. The van der Waals surface area contributed by atoms with E-state index in [2.05, 4.69) is 15.1 Å². The molecule has 4 aromatic rings. The number of nitrogens with one attached hydrogen (secondary N) is 1. The van der Waals surface area contributed by atoms with Gasteiger partial charge in [-0.2, -0.15) is 18.7 Å². The van der Waals surface area contributed by atoms with Crippen LogP contribution in [0.1, 0.15) is 32.1 Å². The molecule has 0 aliphatic carbocycles. The van der Waals surface area contributed by atoms with Crippen LogP contribution >= 0.6 is 0 Å². The van der Waals surface area contributed by atoms with Crippen molar-refractivity contribution in [2.75, 3.05) is 37.7 Å². The summed E-state index contributed by atoms with van der Waals surface area (Å²) in [5.74, 6) is 0.583. The van der Waals surface area contributed by atoms with Gasteiger partial charge in [0.2, 0.25) is 0 Å². The van der Waals surface area contributed by atoms with Gasteiger partial charge in [0.25, 0.3) is 0 Å². The predicted octanol–water partition coefficient (Wildman–Crippen LogP) is 5.65. The second-order valence-corrected chi connectivity index (χ2v) is 12.7. The van der Waals surface area contributed by atoms with Crippen LogP contribution in [0.5, 0.6) is 17.5 Å². The molecular weight excluding hydrogens is 571 g/mol. The fraction of sp³-hybridized carbons (Fsp3) is 0.455. The Hall–Kier alpha value is -3.83. The second-order valence-electron chi connectivity index (χ2n) is 12.7. The highest BCUT2D eigenvalue weighted by Crippen LogP contribution is 2.44. The number of aromatic hydroxyl groups is 1. The number of piperazine rings is 1. The summed E-state index contributed by atoms with van der Waals surface area (Å²) < 4.78 is 53.6.